The second-order valence-corrected chi connectivity index (χ2v) is 5.27. The van der Waals surface area contributed by atoms with Gasteiger partial charge in [0.25, 0.3) is 0 Å². The molecule has 0 heterocycles. The standard InChI is InChI=1S/C15H15BrN2O/c1-10-4-3-5-12(8-10)17-15(19)18-13-7-6-11(2)14(16)9-13/h3-9H,1-2H3,(H2,17,18,19). The number of benzene rings is 2. The van der Waals surface area contributed by atoms with Gasteiger partial charge in [0.05, 0.1) is 0 Å². The summed E-state index contributed by atoms with van der Waals surface area (Å²) in [7, 11) is 0. The summed E-state index contributed by atoms with van der Waals surface area (Å²) in [6, 6.07) is 13.1. The van der Waals surface area contributed by atoms with Crippen LogP contribution in [0.5, 0.6) is 0 Å². The molecule has 3 nitrogen and oxygen atoms in total. The molecule has 0 aliphatic carbocycles. The van der Waals surface area contributed by atoms with Crippen molar-refractivity contribution < 1.29 is 4.79 Å². The average molecular weight is 319 g/mol. The summed E-state index contributed by atoms with van der Waals surface area (Å²) in [6.07, 6.45) is 0. The molecule has 2 amide bonds. The lowest BCUT2D eigenvalue weighted by Gasteiger charge is -2.09. The molecule has 0 saturated heterocycles. The maximum atomic E-state index is 11.9. The zero-order valence-electron chi connectivity index (χ0n) is 10.8. The SMILES string of the molecule is Cc1cccc(NC(=O)Nc2ccc(C)c(Br)c2)c1. The highest BCUT2D eigenvalue weighted by atomic mass is 79.9. The topological polar surface area (TPSA) is 41.1 Å². The van der Waals surface area contributed by atoms with E-state index in [9.17, 15) is 4.79 Å². The molecule has 0 spiro atoms. The predicted molar refractivity (Wildman–Crippen MR) is 82.7 cm³/mol. The van der Waals surface area contributed by atoms with Crippen molar-refractivity contribution >= 4 is 33.3 Å². The van der Waals surface area contributed by atoms with Crippen LogP contribution in [-0.2, 0) is 0 Å². The van der Waals surface area contributed by atoms with E-state index in [0.717, 1.165) is 27.0 Å². The van der Waals surface area contributed by atoms with Crippen LogP contribution >= 0.6 is 15.9 Å². The summed E-state index contributed by atoms with van der Waals surface area (Å²) in [5.74, 6) is 0. The molecule has 2 aromatic carbocycles. The smallest absolute Gasteiger partial charge is 0.308 e. The third kappa shape index (κ3) is 3.83. The molecular formula is C15H15BrN2O. The summed E-state index contributed by atoms with van der Waals surface area (Å²) in [5, 5.41) is 5.60. The van der Waals surface area contributed by atoms with Crippen LogP contribution in [0.15, 0.2) is 46.9 Å². The first-order valence-corrected chi connectivity index (χ1v) is 6.75. The number of hydrogen-bond donors (Lipinski definition) is 2. The van der Waals surface area contributed by atoms with E-state index in [0.29, 0.717) is 0 Å². The van der Waals surface area contributed by atoms with Gasteiger partial charge in [-0.2, -0.15) is 0 Å². The second-order valence-electron chi connectivity index (χ2n) is 4.41. The first-order valence-electron chi connectivity index (χ1n) is 5.95. The number of carbonyl (C=O) groups is 1. The predicted octanol–water partition coefficient (Wildman–Crippen LogP) is 4.71. The minimum atomic E-state index is -0.249. The lowest BCUT2D eigenvalue weighted by Crippen LogP contribution is -2.19. The van der Waals surface area contributed by atoms with Gasteiger partial charge in [-0.3, -0.25) is 0 Å². The molecule has 0 saturated carbocycles. The fraction of sp³-hybridized carbons (Fsp3) is 0.133. The van der Waals surface area contributed by atoms with Gasteiger partial charge in [-0.25, -0.2) is 4.79 Å². The maximum Gasteiger partial charge on any atom is 0.323 e. The Morgan fingerprint density at radius 3 is 2.32 bits per heavy atom. The molecule has 2 aromatic rings. The minimum Gasteiger partial charge on any atom is -0.308 e. The summed E-state index contributed by atoms with van der Waals surface area (Å²) >= 11 is 3.44. The second kappa shape index (κ2) is 5.89. The van der Waals surface area contributed by atoms with Crippen molar-refractivity contribution in [2.24, 2.45) is 0 Å². The Labute approximate surface area is 121 Å². The van der Waals surface area contributed by atoms with Gasteiger partial charge in [0.2, 0.25) is 0 Å². The van der Waals surface area contributed by atoms with E-state index in [1.165, 1.54) is 0 Å². The largest absolute Gasteiger partial charge is 0.323 e. The Hall–Kier alpha value is -1.81. The number of urea groups is 1. The third-order valence-corrected chi connectivity index (χ3v) is 3.56. The normalized spacial score (nSPS) is 10.1. The van der Waals surface area contributed by atoms with E-state index in [2.05, 4.69) is 26.6 Å². The van der Waals surface area contributed by atoms with Crippen molar-refractivity contribution in [3.05, 3.63) is 58.1 Å². The van der Waals surface area contributed by atoms with Gasteiger partial charge in [0.1, 0.15) is 0 Å². The minimum absolute atomic E-state index is 0.249. The lowest BCUT2D eigenvalue weighted by atomic mass is 10.2. The molecule has 0 aliphatic rings. The zero-order chi connectivity index (χ0) is 13.8. The van der Waals surface area contributed by atoms with Gasteiger partial charge in [-0.15, -0.1) is 0 Å². The number of anilines is 2. The van der Waals surface area contributed by atoms with Crippen LogP contribution in [0.25, 0.3) is 0 Å². The molecule has 0 bridgehead atoms. The van der Waals surface area contributed by atoms with Crippen LogP contribution < -0.4 is 10.6 Å². The first kappa shape index (κ1) is 13.6. The summed E-state index contributed by atoms with van der Waals surface area (Å²) in [6.45, 7) is 3.99. The molecule has 0 fully saturated rings. The van der Waals surface area contributed by atoms with Crippen LogP contribution in [0.3, 0.4) is 0 Å². The number of nitrogens with one attached hydrogen (secondary N) is 2. The highest BCUT2D eigenvalue weighted by Gasteiger charge is 2.04. The highest BCUT2D eigenvalue weighted by molar-refractivity contribution is 9.10. The molecule has 0 atom stereocenters. The molecule has 19 heavy (non-hydrogen) atoms. The van der Waals surface area contributed by atoms with Gasteiger partial charge < -0.3 is 10.6 Å². The van der Waals surface area contributed by atoms with Crippen molar-refractivity contribution in [2.75, 3.05) is 10.6 Å². The van der Waals surface area contributed by atoms with Crippen molar-refractivity contribution in [3.8, 4) is 0 Å². The van der Waals surface area contributed by atoms with Crippen LogP contribution in [-0.4, -0.2) is 6.03 Å². The average Bonchev–Trinajstić information content (AvgIpc) is 2.34. The zero-order valence-corrected chi connectivity index (χ0v) is 12.4. The number of hydrogen-bond acceptors (Lipinski definition) is 1. The first-order chi connectivity index (χ1) is 9.04. The number of rotatable bonds is 2. The number of halogens is 1. The molecule has 0 unspecified atom stereocenters. The van der Waals surface area contributed by atoms with E-state index in [1.54, 1.807) is 0 Å². The van der Waals surface area contributed by atoms with Crippen molar-refractivity contribution in [1.82, 2.24) is 0 Å². The van der Waals surface area contributed by atoms with Gasteiger partial charge in [-0.05, 0) is 49.2 Å². The van der Waals surface area contributed by atoms with E-state index in [-0.39, 0.29) is 6.03 Å². The molecule has 4 heteroatoms. The van der Waals surface area contributed by atoms with Gasteiger partial charge in [0.15, 0.2) is 0 Å². The van der Waals surface area contributed by atoms with Crippen molar-refractivity contribution in [2.45, 2.75) is 13.8 Å². The maximum absolute atomic E-state index is 11.9. The fourth-order valence-electron chi connectivity index (χ4n) is 1.69. The van der Waals surface area contributed by atoms with Crippen LogP contribution in [0, 0.1) is 13.8 Å². The Kier molecular flexibility index (Phi) is 4.22. The Balaban J connectivity index is 2.03. The van der Waals surface area contributed by atoms with Gasteiger partial charge in [0, 0.05) is 15.8 Å². The van der Waals surface area contributed by atoms with Gasteiger partial charge >= 0.3 is 6.03 Å². The van der Waals surface area contributed by atoms with Crippen molar-refractivity contribution in [1.29, 1.82) is 0 Å². The number of aryl methyl sites for hydroxylation is 2. The lowest BCUT2D eigenvalue weighted by molar-refractivity contribution is 0.262. The quantitative estimate of drug-likeness (QED) is 0.827. The van der Waals surface area contributed by atoms with Crippen LogP contribution in [0.4, 0.5) is 16.2 Å². The van der Waals surface area contributed by atoms with Crippen LogP contribution in [0.1, 0.15) is 11.1 Å². The monoisotopic (exact) mass is 318 g/mol. The fourth-order valence-corrected chi connectivity index (χ4v) is 2.07. The molecular weight excluding hydrogens is 304 g/mol. The Morgan fingerprint density at radius 1 is 1.00 bits per heavy atom. The van der Waals surface area contributed by atoms with E-state index in [1.807, 2.05) is 56.3 Å². The summed E-state index contributed by atoms with van der Waals surface area (Å²) in [5.41, 5.74) is 3.77. The third-order valence-electron chi connectivity index (χ3n) is 2.71. The van der Waals surface area contributed by atoms with Crippen molar-refractivity contribution in [3.63, 3.8) is 0 Å². The van der Waals surface area contributed by atoms with E-state index in [4.69, 9.17) is 0 Å². The highest BCUT2D eigenvalue weighted by Crippen LogP contribution is 2.20. The Morgan fingerprint density at radius 2 is 1.68 bits per heavy atom. The van der Waals surface area contributed by atoms with E-state index >= 15 is 0 Å². The number of amides is 2. The molecule has 0 radical (unpaired) electrons. The molecule has 98 valence electrons. The molecule has 2 rings (SSSR count). The van der Waals surface area contributed by atoms with E-state index < -0.39 is 0 Å². The Bertz CT molecular complexity index is 611. The van der Waals surface area contributed by atoms with Crippen LogP contribution in [0.2, 0.25) is 0 Å². The summed E-state index contributed by atoms with van der Waals surface area (Å²) < 4.78 is 0.973. The number of carbonyl (C=O) groups excluding carboxylic acids is 1. The molecule has 0 aromatic heterocycles. The summed E-state index contributed by atoms with van der Waals surface area (Å²) in [4.78, 5) is 11.9. The molecule has 2 N–H and O–H groups in total. The molecule has 0 aliphatic heterocycles. The van der Waals surface area contributed by atoms with Gasteiger partial charge in [-0.1, -0.05) is 34.1 Å².